The quantitative estimate of drug-likeness (QED) is 0.467. The third-order valence-electron chi connectivity index (χ3n) is 11.1. The molecule has 6 rings (SSSR count). The van der Waals surface area contributed by atoms with Crippen LogP contribution in [0.5, 0.6) is 0 Å². The van der Waals surface area contributed by atoms with Crippen LogP contribution in [0.25, 0.3) is 0 Å². The zero-order chi connectivity index (χ0) is 24.1. The Morgan fingerprint density at radius 1 is 1.00 bits per heavy atom. The normalized spacial score (nSPS) is 43.4. The van der Waals surface area contributed by atoms with Crippen LogP contribution in [0.2, 0.25) is 0 Å². The number of aliphatic hydroxyl groups excluding tert-OH is 2. The van der Waals surface area contributed by atoms with Crippen molar-refractivity contribution in [1.82, 2.24) is 0 Å². The van der Waals surface area contributed by atoms with E-state index in [9.17, 15) is 10.2 Å². The van der Waals surface area contributed by atoms with Gasteiger partial charge >= 0.3 is 0 Å². The molecule has 0 saturated heterocycles. The fourth-order valence-corrected chi connectivity index (χ4v) is 9.72. The number of hydrogen-bond acceptors (Lipinski definition) is 3. The summed E-state index contributed by atoms with van der Waals surface area (Å²) in [5, 5.41) is 21.0. The van der Waals surface area contributed by atoms with Gasteiger partial charge in [-0.3, -0.25) is 0 Å². The minimum Gasteiger partial charge on any atom is -0.396 e. The molecule has 3 heteroatoms. The van der Waals surface area contributed by atoms with E-state index < -0.39 is 0 Å². The molecule has 2 N–H and O–H groups in total. The summed E-state index contributed by atoms with van der Waals surface area (Å²) in [5.74, 6) is 2.61. The van der Waals surface area contributed by atoms with Gasteiger partial charge in [0.1, 0.15) is 0 Å². The SMILES string of the molecule is CC(C)C1=C[C@@]23CC[C@H]4[C@](C)(COCc5ccccc5)CCC[C@]4(C)[C@H]2C[C@@H]1[C@@H](CO)[C@H]3CO. The van der Waals surface area contributed by atoms with Crippen molar-refractivity contribution < 1.29 is 14.9 Å². The van der Waals surface area contributed by atoms with Crippen molar-refractivity contribution in [1.29, 1.82) is 0 Å². The van der Waals surface area contributed by atoms with Crippen LogP contribution in [0.1, 0.15) is 71.8 Å². The molecule has 5 aliphatic carbocycles. The average molecular weight is 467 g/mol. The number of rotatable bonds is 7. The zero-order valence-electron chi connectivity index (χ0n) is 21.8. The molecule has 2 bridgehead atoms. The standard InChI is InChI=1S/C31H46O3/c1-21(2)24-16-31-14-11-27-29(3,20-34-19-22-9-6-5-7-10-22)12-8-13-30(27,4)28(31)15-23(24)25(17-32)26(31)18-33/h5-7,9-10,16,21,23,25-28,32-33H,8,11-15,17-20H2,1-4H3/t23-,25+,26+,27-,28+,29-,30-,31+/m0/s1. The molecule has 0 aliphatic heterocycles. The Bertz CT molecular complexity index is 893. The Balaban J connectivity index is 1.43. The number of benzene rings is 1. The third kappa shape index (κ3) is 3.64. The van der Waals surface area contributed by atoms with Gasteiger partial charge in [0.05, 0.1) is 13.2 Å². The molecular weight excluding hydrogens is 420 g/mol. The maximum absolute atomic E-state index is 10.6. The summed E-state index contributed by atoms with van der Waals surface area (Å²) in [4.78, 5) is 0. The van der Waals surface area contributed by atoms with Crippen molar-refractivity contribution in [3.05, 3.63) is 47.5 Å². The lowest BCUT2D eigenvalue weighted by Crippen LogP contribution is -2.65. The van der Waals surface area contributed by atoms with Crippen molar-refractivity contribution >= 4 is 0 Å². The monoisotopic (exact) mass is 466 g/mol. The molecule has 0 heterocycles. The summed E-state index contributed by atoms with van der Waals surface area (Å²) in [6.45, 7) is 11.7. The molecule has 3 fully saturated rings. The van der Waals surface area contributed by atoms with Crippen LogP contribution in [0.3, 0.4) is 0 Å². The summed E-state index contributed by atoms with van der Waals surface area (Å²) in [5.41, 5.74) is 3.34. The summed E-state index contributed by atoms with van der Waals surface area (Å²) in [7, 11) is 0. The summed E-state index contributed by atoms with van der Waals surface area (Å²) in [6, 6.07) is 10.6. The molecule has 0 unspecified atom stereocenters. The molecule has 188 valence electrons. The highest BCUT2D eigenvalue weighted by Gasteiger charge is 2.67. The molecule has 34 heavy (non-hydrogen) atoms. The Labute approximate surface area is 207 Å². The number of fused-ring (bicyclic) bond motifs is 2. The molecule has 8 atom stereocenters. The van der Waals surface area contributed by atoms with Crippen LogP contribution in [0.15, 0.2) is 42.0 Å². The highest BCUT2D eigenvalue weighted by Crippen LogP contribution is 2.73. The maximum Gasteiger partial charge on any atom is 0.0717 e. The van der Waals surface area contributed by atoms with E-state index in [2.05, 4.69) is 64.1 Å². The van der Waals surface area contributed by atoms with Crippen LogP contribution in [0, 0.1) is 51.8 Å². The van der Waals surface area contributed by atoms with E-state index in [-0.39, 0.29) is 41.3 Å². The first kappa shape index (κ1) is 24.5. The highest BCUT2D eigenvalue weighted by molar-refractivity contribution is 5.31. The molecule has 1 aromatic rings. The van der Waals surface area contributed by atoms with Crippen LogP contribution in [-0.4, -0.2) is 30.0 Å². The lowest BCUT2D eigenvalue weighted by atomic mass is 9.34. The second kappa shape index (κ2) is 9.05. The minimum atomic E-state index is 0.0465. The summed E-state index contributed by atoms with van der Waals surface area (Å²) >= 11 is 0. The molecule has 3 nitrogen and oxygen atoms in total. The number of aliphatic hydroxyl groups is 2. The second-order valence-electron chi connectivity index (χ2n) is 13.0. The Morgan fingerprint density at radius 3 is 2.44 bits per heavy atom. The van der Waals surface area contributed by atoms with Crippen LogP contribution >= 0.6 is 0 Å². The van der Waals surface area contributed by atoms with Gasteiger partial charge in [0.2, 0.25) is 0 Å². The van der Waals surface area contributed by atoms with Gasteiger partial charge in [0, 0.05) is 13.2 Å². The van der Waals surface area contributed by atoms with E-state index in [1.807, 2.05) is 0 Å². The Morgan fingerprint density at radius 2 is 1.76 bits per heavy atom. The van der Waals surface area contributed by atoms with E-state index in [1.54, 1.807) is 5.57 Å². The van der Waals surface area contributed by atoms with E-state index in [0.717, 1.165) is 13.0 Å². The lowest BCUT2D eigenvalue weighted by molar-refractivity contribution is -0.202. The van der Waals surface area contributed by atoms with Crippen molar-refractivity contribution in [2.24, 2.45) is 51.8 Å². The fraction of sp³-hybridized carbons (Fsp3) is 0.742. The molecule has 1 spiro atoms. The van der Waals surface area contributed by atoms with Crippen molar-refractivity contribution in [3.63, 3.8) is 0 Å². The largest absolute Gasteiger partial charge is 0.396 e. The zero-order valence-corrected chi connectivity index (χ0v) is 21.8. The molecule has 3 saturated carbocycles. The molecule has 5 aliphatic rings. The van der Waals surface area contributed by atoms with Crippen LogP contribution in [-0.2, 0) is 11.3 Å². The predicted octanol–water partition coefficient (Wildman–Crippen LogP) is 6.25. The van der Waals surface area contributed by atoms with E-state index in [0.29, 0.717) is 30.3 Å². The molecule has 0 radical (unpaired) electrons. The minimum absolute atomic E-state index is 0.0465. The third-order valence-corrected chi connectivity index (χ3v) is 11.1. The molecular formula is C31H46O3. The fourth-order valence-electron chi connectivity index (χ4n) is 9.72. The van der Waals surface area contributed by atoms with Gasteiger partial charge in [0.25, 0.3) is 0 Å². The van der Waals surface area contributed by atoms with Gasteiger partial charge in [0.15, 0.2) is 0 Å². The topological polar surface area (TPSA) is 49.7 Å². The lowest BCUT2D eigenvalue weighted by Gasteiger charge is -2.70. The number of ether oxygens (including phenoxy) is 1. The molecule has 0 aromatic heterocycles. The number of allylic oxidation sites excluding steroid dienone is 2. The summed E-state index contributed by atoms with van der Waals surface area (Å²) < 4.78 is 6.39. The van der Waals surface area contributed by atoms with Gasteiger partial charge < -0.3 is 14.9 Å². The second-order valence-corrected chi connectivity index (χ2v) is 13.0. The first-order valence-corrected chi connectivity index (χ1v) is 13.8. The van der Waals surface area contributed by atoms with E-state index >= 15 is 0 Å². The van der Waals surface area contributed by atoms with Crippen LogP contribution in [0.4, 0.5) is 0 Å². The van der Waals surface area contributed by atoms with E-state index in [1.165, 1.54) is 37.7 Å². The first-order chi connectivity index (χ1) is 16.3. The predicted molar refractivity (Wildman–Crippen MR) is 137 cm³/mol. The Kier molecular flexibility index (Phi) is 6.53. The smallest absolute Gasteiger partial charge is 0.0717 e. The maximum atomic E-state index is 10.6. The van der Waals surface area contributed by atoms with Gasteiger partial charge in [-0.25, -0.2) is 0 Å². The molecule has 0 amide bonds. The van der Waals surface area contributed by atoms with E-state index in [4.69, 9.17) is 4.74 Å². The number of hydrogen-bond donors (Lipinski definition) is 2. The van der Waals surface area contributed by atoms with Crippen molar-refractivity contribution in [2.45, 2.75) is 72.8 Å². The van der Waals surface area contributed by atoms with Crippen LogP contribution < -0.4 is 0 Å². The summed E-state index contributed by atoms with van der Waals surface area (Å²) in [6.07, 6.45) is 10.0. The first-order valence-electron chi connectivity index (χ1n) is 13.8. The average Bonchev–Trinajstić information content (AvgIpc) is 2.83. The van der Waals surface area contributed by atoms with Crippen molar-refractivity contribution in [2.75, 3.05) is 19.8 Å². The Hall–Kier alpha value is -1.16. The molecule has 1 aromatic carbocycles. The van der Waals surface area contributed by atoms with Crippen molar-refractivity contribution in [3.8, 4) is 0 Å². The van der Waals surface area contributed by atoms with Gasteiger partial charge in [-0.05, 0) is 89.4 Å². The van der Waals surface area contributed by atoms with Gasteiger partial charge in [-0.2, -0.15) is 0 Å². The van der Waals surface area contributed by atoms with Gasteiger partial charge in [-0.1, -0.05) is 76.1 Å². The van der Waals surface area contributed by atoms with Gasteiger partial charge in [-0.15, -0.1) is 0 Å². The highest BCUT2D eigenvalue weighted by atomic mass is 16.5.